The second-order valence-electron chi connectivity index (χ2n) is 5.26. The van der Waals surface area contributed by atoms with E-state index in [0.717, 1.165) is 12.8 Å². The third-order valence-electron chi connectivity index (χ3n) is 4.71. The predicted octanol–water partition coefficient (Wildman–Crippen LogP) is 2.59. The molecule has 0 N–H and O–H groups in total. The maximum Gasteiger partial charge on any atom is 0.168 e. The first-order valence-corrected chi connectivity index (χ1v) is 5.70. The largest absolute Gasteiger partial charge is 0.354 e. The number of ether oxygens (including phenoxy) is 1. The van der Waals surface area contributed by atoms with Crippen molar-refractivity contribution >= 4 is 17.4 Å². The van der Waals surface area contributed by atoms with Gasteiger partial charge in [-0.15, -0.1) is 0 Å². The Labute approximate surface area is 90.0 Å². The van der Waals surface area contributed by atoms with Crippen molar-refractivity contribution in [1.29, 1.82) is 0 Å². The first-order chi connectivity index (χ1) is 6.45. The van der Waals surface area contributed by atoms with Gasteiger partial charge in [-0.05, 0) is 24.2 Å². The third-order valence-corrected chi connectivity index (χ3v) is 4.84. The molecule has 0 heterocycles. The first-order valence-electron chi connectivity index (χ1n) is 5.17. The van der Waals surface area contributed by atoms with Crippen LogP contribution in [-0.2, 0) is 9.53 Å². The van der Waals surface area contributed by atoms with Gasteiger partial charge in [-0.3, -0.25) is 4.79 Å². The number of hydrogen-bond acceptors (Lipinski definition) is 2. The second kappa shape index (κ2) is 2.96. The maximum absolute atomic E-state index is 12.1. The predicted molar refractivity (Wildman–Crippen MR) is 55.2 cm³/mol. The Morgan fingerprint density at radius 1 is 1.50 bits per heavy atom. The summed E-state index contributed by atoms with van der Waals surface area (Å²) < 4.78 is 5.37. The summed E-state index contributed by atoms with van der Waals surface area (Å²) in [5, 5.41) is 0. The minimum Gasteiger partial charge on any atom is -0.354 e. The van der Waals surface area contributed by atoms with Gasteiger partial charge in [0, 0.05) is 5.41 Å². The molecular weight excluding hydrogens is 200 g/mol. The molecule has 2 nitrogen and oxygen atoms in total. The molecule has 80 valence electrons. The van der Waals surface area contributed by atoms with Crippen molar-refractivity contribution in [2.24, 2.45) is 16.7 Å². The van der Waals surface area contributed by atoms with E-state index in [-0.39, 0.29) is 28.8 Å². The number of halogens is 1. The fourth-order valence-electron chi connectivity index (χ4n) is 3.26. The summed E-state index contributed by atoms with van der Waals surface area (Å²) in [5.41, 5.74) is -0.116. The van der Waals surface area contributed by atoms with E-state index in [2.05, 4.69) is 20.8 Å². The van der Waals surface area contributed by atoms with Crippen molar-refractivity contribution in [3.8, 4) is 0 Å². The Morgan fingerprint density at radius 2 is 2.14 bits per heavy atom. The van der Waals surface area contributed by atoms with E-state index in [0.29, 0.717) is 5.92 Å². The van der Waals surface area contributed by atoms with Crippen molar-refractivity contribution in [3.05, 3.63) is 0 Å². The summed E-state index contributed by atoms with van der Waals surface area (Å²) in [7, 11) is 0. The highest BCUT2D eigenvalue weighted by atomic mass is 35.5. The maximum atomic E-state index is 12.1. The van der Waals surface area contributed by atoms with E-state index in [1.54, 1.807) is 0 Å². The van der Waals surface area contributed by atoms with Gasteiger partial charge in [-0.1, -0.05) is 32.4 Å². The number of rotatable bonds is 2. The van der Waals surface area contributed by atoms with E-state index >= 15 is 0 Å². The number of hydrogen-bond donors (Lipinski definition) is 0. The molecule has 0 spiro atoms. The standard InChI is InChI=1S/C11H17ClO2/c1-10(2)7-4-5-11(10,3)9(13)8(7)14-6-12/h7-8H,4-6H2,1-3H3/t7-,8?,11+/m1/s1. The van der Waals surface area contributed by atoms with Crippen molar-refractivity contribution < 1.29 is 9.53 Å². The summed E-state index contributed by atoms with van der Waals surface area (Å²) in [6.07, 6.45) is 1.85. The number of fused-ring (bicyclic) bond motifs is 2. The highest BCUT2D eigenvalue weighted by molar-refractivity contribution is 6.17. The van der Waals surface area contributed by atoms with Crippen molar-refractivity contribution in [2.75, 3.05) is 6.07 Å². The average molecular weight is 217 g/mol. The van der Waals surface area contributed by atoms with Gasteiger partial charge in [-0.25, -0.2) is 0 Å². The van der Waals surface area contributed by atoms with Crippen LogP contribution in [-0.4, -0.2) is 18.0 Å². The topological polar surface area (TPSA) is 26.3 Å². The molecule has 2 bridgehead atoms. The molecule has 2 aliphatic rings. The minimum atomic E-state index is -0.249. The molecule has 0 aromatic carbocycles. The van der Waals surface area contributed by atoms with Gasteiger partial charge in [0.05, 0.1) is 0 Å². The van der Waals surface area contributed by atoms with Gasteiger partial charge in [0.15, 0.2) is 5.78 Å². The summed E-state index contributed by atoms with van der Waals surface area (Å²) in [4.78, 5) is 12.1. The lowest BCUT2D eigenvalue weighted by Crippen LogP contribution is -2.36. The van der Waals surface area contributed by atoms with E-state index in [9.17, 15) is 4.79 Å². The molecule has 2 saturated carbocycles. The smallest absolute Gasteiger partial charge is 0.168 e. The molecule has 0 saturated heterocycles. The van der Waals surface area contributed by atoms with Gasteiger partial charge >= 0.3 is 0 Å². The lowest BCUT2D eigenvalue weighted by Gasteiger charge is -2.31. The first kappa shape index (κ1) is 10.4. The molecule has 14 heavy (non-hydrogen) atoms. The molecule has 0 aromatic rings. The molecule has 2 rings (SSSR count). The minimum absolute atomic E-state index is 0.0702. The molecule has 0 radical (unpaired) electrons. The number of carbonyl (C=O) groups is 1. The molecule has 3 atom stereocenters. The molecule has 1 unspecified atom stereocenters. The summed E-state index contributed by atoms with van der Waals surface area (Å²) in [5.74, 6) is 0.623. The number of alkyl halides is 1. The Bertz CT molecular complexity index is 274. The van der Waals surface area contributed by atoms with E-state index < -0.39 is 0 Å². The van der Waals surface area contributed by atoms with Crippen molar-refractivity contribution in [2.45, 2.75) is 39.7 Å². The molecule has 3 heteroatoms. The van der Waals surface area contributed by atoms with Crippen LogP contribution in [0.3, 0.4) is 0 Å². The van der Waals surface area contributed by atoms with Gasteiger partial charge in [-0.2, -0.15) is 0 Å². The van der Waals surface area contributed by atoms with E-state index in [4.69, 9.17) is 16.3 Å². The molecule has 0 aliphatic heterocycles. The summed E-state index contributed by atoms with van der Waals surface area (Å²) in [6, 6.07) is 0.124. The van der Waals surface area contributed by atoms with Crippen LogP contribution in [0.4, 0.5) is 0 Å². The zero-order valence-corrected chi connectivity index (χ0v) is 9.73. The van der Waals surface area contributed by atoms with Gasteiger partial charge in [0.2, 0.25) is 0 Å². The van der Waals surface area contributed by atoms with E-state index in [1.807, 2.05) is 0 Å². The van der Waals surface area contributed by atoms with Crippen LogP contribution < -0.4 is 0 Å². The van der Waals surface area contributed by atoms with E-state index in [1.165, 1.54) is 0 Å². The summed E-state index contributed by atoms with van der Waals surface area (Å²) >= 11 is 5.55. The van der Waals surface area contributed by atoms with Crippen LogP contribution in [0.5, 0.6) is 0 Å². The lowest BCUT2D eigenvalue weighted by atomic mass is 9.70. The van der Waals surface area contributed by atoms with Gasteiger partial charge in [0.1, 0.15) is 12.2 Å². The highest BCUT2D eigenvalue weighted by Crippen LogP contribution is 2.64. The SMILES string of the molecule is CC1(C)[C@@H]2CC[C@@]1(C)C(=O)C2OCCl. The Balaban J connectivity index is 2.34. The van der Waals surface area contributed by atoms with Gasteiger partial charge < -0.3 is 4.74 Å². The second-order valence-corrected chi connectivity index (χ2v) is 5.48. The monoisotopic (exact) mass is 216 g/mol. The number of ketones is 1. The van der Waals surface area contributed by atoms with Crippen LogP contribution in [0.1, 0.15) is 33.6 Å². The van der Waals surface area contributed by atoms with Crippen LogP contribution >= 0.6 is 11.6 Å². The fraction of sp³-hybridized carbons (Fsp3) is 0.909. The lowest BCUT2D eigenvalue weighted by molar-refractivity contribution is -0.137. The molecule has 2 fully saturated rings. The number of Topliss-reactive ketones (excluding diaryl/α,β-unsaturated/α-hetero) is 1. The van der Waals surface area contributed by atoms with Crippen LogP contribution in [0.15, 0.2) is 0 Å². The zero-order chi connectivity index (χ0) is 10.6. The number of carbonyl (C=O) groups excluding carboxylic acids is 1. The fourth-order valence-corrected chi connectivity index (χ4v) is 3.40. The molecular formula is C11H17ClO2. The van der Waals surface area contributed by atoms with Crippen LogP contribution in [0, 0.1) is 16.7 Å². The quantitative estimate of drug-likeness (QED) is 0.664. The average Bonchev–Trinajstić information content (AvgIpc) is 2.41. The zero-order valence-electron chi connectivity index (χ0n) is 8.97. The molecule has 2 aliphatic carbocycles. The molecule has 0 aromatic heterocycles. The van der Waals surface area contributed by atoms with Gasteiger partial charge in [0.25, 0.3) is 0 Å². The summed E-state index contributed by atoms with van der Waals surface area (Å²) in [6.45, 7) is 6.44. The Hall–Kier alpha value is -0.0800. The highest BCUT2D eigenvalue weighted by Gasteiger charge is 2.66. The third kappa shape index (κ3) is 0.989. The molecule has 0 amide bonds. The normalized spacial score (nSPS) is 44.7. The van der Waals surface area contributed by atoms with Crippen molar-refractivity contribution in [1.82, 2.24) is 0 Å². The van der Waals surface area contributed by atoms with Crippen LogP contribution in [0.25, 0.3) is 0 Å². The Kier molecular flexibility index (Phi) is 2.20. The Morgan fingerprint density at radius 3 is 2.57 bits per heavy atom. The van der Waals surface area contributed by atoms with Crippen LogP contribution in [0.2, 0.25) is 0 Å². The van der Waals surface area contributed by atoms with Crippen molar-refractivity contribution in [3.63, 3.8) is 0 Å².